The Morgan fingerprint density at radius 1 is 1.38 bits per heavy atom. The second-order valence-corrected chi connectivity index (χ2v) is 3.27. The minimum Gasteiger partial charge on any atom is -0.486 e. The molecule has 0 aliphatic carbocycles. The Morgan fingerprint density at radius 3 is 2.88 bits per heavy atom. The molecule has 1 heterocycles. The zero-order chi connectivity index (χ0) is 11.4. The lowest BCUT2D eigenvalue weighted by Crippen LogP contribution is -2.21. The van der Waals surface area contributed by atoms with E-state index < -0.39 is 5.91 Å². The Balaban J connectivity index is 2.06. The van der Waals surface area contributed by atoms with E-state index in [4.69, 9.17) is 14.7 Å². The minimum atomic E-state index is -0.644. The predicted molar refractivity (Wildman–Crippen MR) is 54.9 cm³/mol. The number of nitriles is 1. The molecule has 1 aromatic rings. The van der Waals surface area contributed by atoms with Crippen molar-refractivity contribution in [3.05, 3.63) is 23.8 Å². The number of nitrogens with zero attached hydrogens (tertiary/aromatic N) is 1. The SMILES string of the molecule is N#CC(=O)NCc1ccc2c(c1)OCCO2. The van der Waals surface area contributed by atoms with Crippen molar-refractivity contribution in [1.82, 2.24) is 5.32 Å². The third-order valence-corrected chi connectivity index (χ3v) is 2.16. The molecule has 82 valence electrons. The average molecular weight is 218 g/mol. The number of fused-ring (bicyclic) bond motifs is 1. The number of amides is 1. The Bertz CT molecular complexity index is 451. The summed E-state index contributed by atoms with van der Waals surface area (Å²) in [4.78, 5) is 10.7. The van der Waals surface area contributed by atoms with Crippen molar-refractivity contribution in [2.75, 3.05) is 13.2 Å². The first-order valence-electron chi connectivity index (χ1n) is 4.86. The maximum Gasteiger partial charge on any atom is 0.322 e. The minimum absolute atomic E-state index is 0.309. The van der Waals surface area contributed by atoms with Crippen molar-refractivity contribution in [2.45, 2.75) is 6.54 Å². The van der Waals surface area contributed by atoms with Crippen molar-refractivity contribution in [1.29, 1.82) is 5.26 Å². The fraction of sp³-hybridized carbons (Fsp3) is 0.273. The maximum absolute atomic E-state index is 10.7. The first-order chi connectivity index (χ1) is 7.79. The van der Waals surface area contributed by atoms with Crippen molar-refractivity contribution >= 4 is 5.91 Å². The van der Waals surface area contributed by atoms with E-state index in [1.165, 1.54) is 6.07 Å². The molecular formula is C11H10N2O3. The lowest BCUT2D eigenvalue weighted by atomic mass is 10.2. The van der Waals surface area contributed by atoms with E-state index in [9.17, 15) is 4.79 Å². The van der Waals surface area contributed by atoms with Crippen LogP contribution < -0.4 is 14.8 Å². The number of rotatable bonds is 2. The molecule has 5 nitrogen and oxygen atoms in total. The van der Waals surface area contributed by atoms with E-state index in [2.05, 4.69) is 5.32 Å². The van der Waals surface area contributed by atoms with Crippen LogP contribution in [0.15, 0.2) is 18.2 Å². The van der Waals surface area contributed by atoms with Crippen LogP contribution in [0.4, 0.5) is 0 Å². The van der Waals surface area contributed by atoms with Gasteiger partial charge >= 0.3 is 5.91 Å². The number of ether oxygens (including phenoxy) is 2. The van der Waals surface area contributed by atoms with Crippen LogP contribution in [0.1, 0.15) is 5.56 Å². The summed E-state index contributed by atoms with van der Waals surface area (Å²) in [7, 11) is 0. The van der Waals surface area contributed by atoms with Crippen LogP contribution in [0.5, 0.6) is 11.5 Å². The molecule has 1 amide bonds. The number of hydrogen-bond donors (Lipinski definition) is 1. The summed E-state index contributed by atoms with van der Waals surface area (Å²) in [6.07, 6.45) is 0. The van der Waals surface area contributed by atoms with Crippen molar-refractivity contribution in [3.8, 4) is 17.6 Å². The number of carbonyl (C=O) groups excluding carboxylic acids is 1. The third-order valence-electron chi connectivity index (χ3n) is 2.16. The largest absolute Gasteiger partial charge is 0.486 e. The third kappa shape index (κ3) is 2.23. The van der Waals surface area contributed by atoms with Crippen LogP contribution in [0, 0.1) is 11.3 Å². The van der Waals surface area contributed by atoms with Gasteiger partial charge in [-0.25, -0.2) is 0 Å². The Labute approximate surface area is 92.6 Å². The highest BCUT2D eigenvalue weighted by atomic mass is 16.6. The van der Waals surface area contributed by atoms with E-state index in [0.717, 1.165) is 5.56 Å². The molecule has 0 unspecified atom stereocenters. The van der Waals surface area contributed by atoms with Gasteiger partial charge in [-0.15, -0.1) is 0 Å². The van der Waals surface area contributed by atoms with Gasteiger partial charge in [0.15, 0.2) is 17.6 Å². The predicted octanol–water partition coefficient (Wildman–Crippen LogP) is 0.598. The first-order valence-corrected chi connectivity index (χ1v) is 4.86. The summed E-state index contributed by atoms with van der Waals surface area (Å²) in [5, 5.41) is 10.8. The van der Waals surface area contributed by atoms with Gasteiger partial charge in [0, 0.05) is 6.54 Å². The summed E-state index contributed by atoms with van der Waals surface area (Å²) in [6, 6.07) is 6.91. The van der Waals surface area contributed by atoms with Crippen molar-refractivity contribution in [2.24, 2.45) is 0 Å². The molecule has 2 rings (SSSR count). The molecule has 0 bridgehead atoms. The van der Waals surface area contributed by atoms with Gasteiger partial charge in [0.25, 0.3) is 0 Å². The summed E-state index contributed by atoms with van der Waals surface area (Å²) in [5.41, 5.74) is 0.868. The Hall–Kier alpha value is -2.22. The summed E-state index contributed by atoms with van der Waals surface area (Å²) < 4.78 is 10.8. The van der Waals surface area contributed by atoms with Gasteiger partial charge in [0.05, 0.1) is 0 Å². The van der Waals surface area contributed by atoms with Crippen LogP contribution in [0.2, 0.25) is 0 Å². The summed E-state index contributed by atoms with van der Waals surface area (Å²) in [5.74, 6) is 0.742. The molecular weight excluding hydrogens is 208 g/mol. The number of hydrogen-bond acceptors (Lipinski definition) is 4. The summed E-state index contributed by atoms with van der Waals surface area (Å²) >= 11 is 0. The Kier molecular flexibility index (Phi) is 2.92. The molecule has 1 aliphatic rings. The second kappa shape index (κ2) is 4.53. The molecule has 0 fully saturated rings. The normalized spacial score (nSPS) is 12.7. The second-order valence-electron chi connectivity index (χ2n) is 3.27. The molecule has 5 heteroatoms. The number of nitrogens with one attached hydrogen (secondary N) is 1. The topological polar surface area (TPSA) is 71.4 Å². The van der Waals surface area contributed by atoms with Crippen molar-refractivity contribution in [3.63, 3.8) is 0 Å². The van der Waals surface area contributed by atoms with Gasteiger partial charge in [0.1, 0.15) is 13.2 Å². The van der Waals surface area contributed by atoms with Crippen LogP contribution in [0.3, 0.4) is 0 Å². The maximum atomic E-state index is 10.7. The number of benzene rings is 1. The molecule has 0 saturated heterocycles. The molecule has 0 radical (unpaired) electrons. The van der Waals surface area contributed by atoms with Crippen LogP contribution in [-0.2, 0) is 11.3 Å². The lowest BCUT2D eigenvalue weighted by molar-refractivity contribution is -0.116. The molecule has 16 heavy (non-hydrogen) atoms. The molecule has 1 aromatic carbocycles. The molecule has 0 saturated carbocycles. The van der Waals surface area contributed by atoms with Gasteiger partial charge in [-0.1, -0.05) is 6.07 Å². The highest BCUT2D eigenvalue weighted by molar-refractivity contribution is 5.91. The highest BCUT2D eigenvalue weighted by Gasteiger charge is 2.11. The standard InChI is InChI=1S/C11H10N2O3/c12-6-11(14)13-7-8-1-2-9-10(5-8)16-4-3-15-9/h1-2,5H,3-4,7H2,(H,13,14). The number of carbonyl (C=O) groups is 1. The van der Waals surface area contributed by atoms with E-state index in [1.807, 2.05) is 6.07 Å². The fourth-order valence-electron chi connectivity index (χ4n) is 1.42. The smallest absolute Gasteiger partial charge is 0.322 e. The zero-order valence-corrected chi connectivity index (χ0v) is 8.53. The monoisotopic (exact) mass is 218 g/mol. The lowest BCUT2D eigenvalue weighted by Gasteiger charge is -2.18. The summed E-state index contributed by atoms with van der Waals surface area (Å²) in [6.45, 7) is 1.39. The van der Waals surface area contributed by atoms with Crippen LogP contribution in [0.25, 0.3) is 0 Å². The van der Waals surface area contributed by atoms with Gasteiger partial charge in [0.2, 0.25) is 0 Å². The zero-order valence-electron chi connectivity index (χ0n) is 8.53. The quantitative estimate of drug-likeness (QED) is 0.738. The Morgan fingerprint density at radius 2 is 2.12 bits per heavy atom. The van der Waals surface area contributed by atoms with Gasteiger partial charge in [-0.2, -0.15) is 5.26 Å². The van der Waals surface area contributed by atoms with Gasteiger partial charge in [-0.05, 0) is 17.7 Å². The first kappa shape index (κ1) is 10.3. The van der Waals surface area contributed by atoms with Gasteiger partial charge in [-0.3, -0.25) is 4.79 Å². The molecule has 0 atom stereocenters. The van der Waals surface area contributed by atoms with Crippen LogP contribution >= 0.6 is 0 Å². The molecule has 1 aliphatic heterocycles. The van der Waals surface area contributed by atoms with Crippen LogP contribution in [-0.4, -0.2) is 19.1 Å². The molecule has 0 spiro atoms. The van der Waals surface area contributed by atoms with E-state index in [1.54, 1.807) is 12.1 Å². The van der Waals surface area contributed by atoms with Crippen molar-refractivity contribution < 1.29 is 14.3 Å². The average Bonchev–Trinajstić information content (AvgIpc) is 2.35. The highest BCUT2D eigenvalue weighted by Crippen LogP contribution is 2.30. The van der Waals surface area contributed by atoms with Gasteiger partial charge < -0.3 is 14.8 Å². The van der Waals surface area contributed by atoms with E-state index in [0.29, 0.717) is 31.3 Å². The van der Waals surface area contributed by atoms with E-state index >= 15 is 0 Å². The molecule has 0 aromatic heterocycles. The fourth-order valence-corrected chi connectivity index (χ4v) is 1.42. The molecule has 1 N–H and O–H groups in total. The van der Waals surface area contributed by atoms with E-state index in [-0.39, 0.29) is 0 Å².